The predicted molar refractivity (Wildman–Crippen MR) is 63.0 cm³/mol. The highest BCUT2D eigenvalue weighted by atomic mass is 35.5. The van der Waals surface area contributed by atoms with Crippen LogP contribution in [0.25, 0.3) is 0 Å². The molecular formula is C12H13ClF3NO. The van der Waals surface area contributed by atoms with Gasteiger partial charge >= 0.3 is 6.18 Å². The summed E-state index contributed by atoms with van der Waals surface area (Å²) in [6.45, 7) is 1.37. The first kappa shape index (κ1) is 13.5. The van der Waals surface area contributed by atoms with Crippen molar-refractivity contribution < 1.29 is 17.9 Å². The Kier molecular flexibility index (Phi) is 4.02. The summed E-state index contributed by atoms with van der Waals surface area (Å²) >= 11 is 5.78. The van der Waals surface area contributed by atoms with Gasteiger partial charge in [-0.1, -0.05) is 11.6 Å². The lowest BCUT2D eigenvalue weighted by Gasteiger charge is -2.14. The maximum atomic E-state index is 12.4. The summed E-state index contributed by atoms with van der Waals surface area (Å²) in [5.74, 6) is 0.290. The Bertz CT molecular complexity index is 416. The molecule has 0 aromatic heterocycles. The summed E-state index contributed by atoms with van der Waals surface area (Å²) in [4.78, 5) is 0. The lowest BCUT2D eigenvalue weighted by Crippen LogP contribution is -2.28. The molecule has 2 nitrogen and oxygen atoms in total. The van der Waals surface area contributed by atoms with Gasteiger partial charge in [0.15, 0.2) is 0 Å². The Morgan fingerprint density at radius 2 is 2.17 bits per heavy atom. The van der Waals surface area contributed by atoms with Gasteiger partial charge in [0.2, 0.25) is 0 Å². The van der Waals surface area contributed by atoms with E-state index in [0.717, 1.165) is 31.5 Å². The molecule has 0 saturated carbocycles. The van der Waals surface area contributed by atoms with Crippen LogP contribution in [0.5, 0.6) is 5.75 Å². The first-order valence-corrected chi connectivity index (χ1v) is 6.07. The van der Waals surface area contributed by atoms with E-state index in [1.807, 2.05) is 0 Å². The van der Waals surface area contributed by atoms with Crippen LogP contribution in [-0.4, -0.2) is 19.2 Å². The van der Waals surface area contributed by atoms with Crippen LogP contribution in [0.2, 0.25) is 5.02 Å². The van der Waals surface area contributed by atoms with Crippen molar-refractivity contribution in [2.24, 2.45) is 0 Å². The molecule has 1 atom stereocenters. The normalized spacial score (nSPS) is 20.1. The van der Waals surface area contributed by atoms with Crippen molar-refractivity contribution in [3.05, 3.63) is 28.8 Å². The average Bonchev–Trinajstić information content (AvgIpc) is 2.79. The van der Waals surface area contributed by atoms with Crippen molar-refractivity contribution in [3.63, 3.8) is 0 Å². The van der Waals surface area contributed by atoms with E-state index in [1.54, 1.807) is 0 Å². The quantitative estimate of drug-likeness (QED) is 0.914. The molecular weight excluding hydrogens is 267 g/mol. The topological polar surface area (TPSA) is 21.3 Å². The van der Waals surface area contributed by atoms with E-state index in [4.69, 9.17) is 16.3 Å². The number of benzene rings is 1. The third-order valence-electron chi connectivity index (χ3n) is 2.86. The zero-order valence-electron chi connectivity index (χ0n) is 9.56. The van der Waals surface area contributed by atoms with Gasteiger partial charge in [-0.15, -0.1) is 0 Å². The fourth-order valence-electron chi connectivity index (χ4n) is 1.88. The number of halogens is 4. The Labute approximate surface area is 108 Å². The van der Waals surface area contributed by atoms with Gasteiger partial charge in [-0.2, -0.15) is 13.2 Å². The van der Waals surface area contributed by atoms with Crippen LogP contribution in [-0.2, 0) is 6.18 Å². The standard InChI is InChI=1S/C12H13ClF3NO/c13-10-6-8(12(14,15)16)3-4-11(10)18-7-9-2-1-5-17-9/h3-4,6,9,17H,1-2,5,7H2. The number of rotatable bonds is 3. The maximum absolute atomic E-state index is 12.4. The molecule has 1 aliphatic heterocycles. The second-order valence-corrected chi connectivity index (χ2v) is 4.65. The lowest BCUT2D eigenvalue weighted by atomic mass is 10.2. The molecule has 1 aliphatic rings. The number of hydrogen-bond donors (Lipinski definition) is 1. The third kappa shape index (κ3) is 3.29. The molecule has 1 fully saturated rings. The van der Waals surface area contributed by atoms with Gasteiger partial charge in [0.1, 0.15) is 12.4 Å². The molecule has 0 aliphatic carbocycles. The molecule has 1 aromatic carbocycles. The van der Waals surface area contributed by atoms with Crippen molar-refractivity contribution in [2.45, 2.75) is 25.1 Å². The van der Waals surface area contributed by atoms with Crippen molar-refractivity contribution in [2.75, 3.05) is 13.2 Å². The van der Waals surface area contributed by atoms with Gasteiger partial charge in [0.25, 0.3) is 0 Å². The summed E-state index contributed by atoms with van der Waals surface area (Å²) in [7, 11) is 0. The zero-order chi connectivity index (χ0) is 13.2. The van der Waals surface area contributed by atoms with E-state index in [2.05, 4.69) is 5.32 Å². The van der Waals surface area contributed by atoms with Gasteiger partial charge in [-0.05, 0) is 37.6 Å². The number of alkyl halides is 3. The Morgan fingerprint density at radius 3 is 2.72 bits per heavy atom. The van der Waals surface area contributed by atoms with E-state index < -0.39 is 11.7 Å². The van der Waals surface area contributed by atoms with Gasteiger partial charge in [0, 0.05) is 6.04 Å². The molecule has 1 heterocycles. The van der Waals surface area contributed by atoms with Crippen LogP contribution < -0.4 is 10.1 Å². The SMILES string of the molecule is FC(F)(F)c1ccc(OCC2CCCN2)c(Cl)c1. The van der Waals surface area contributed by atoms with Crippen molar-refractivity contribution >= 4 is 11.6 Å². The minimum absolute atomic E-state index is 0.0113. The maximum Gasteiger partial charge on any atom is 0.416 e. The summed E-state index contributed by atoms with van der Waals surface area (Å²) in [6.07, 6.45) is -2.28. The Balaban J connectivity index is 2.01. The molecule has 0 spiro atoms. The molecule has 1 unspecified atom stereocenters. The molecule has 100 valence electrons. The first-order valence-electron chi connectivity index (χ1n) is 5.70. The van der Waals surface area contributed by atoms with Crippen LogP contribution in [0, 0.1) is 0 Å². The summed E-state index contributed by atoms with van der Waals surface area (Å²) < 4.78 is 42.7. The number of hydrogen-bond acceptors (Lipinski definition) is 2. The van der Waals surface area contributed by atoms with Gasteiger partial charge in [-0.3, -0.25) is 0 Å². The molecule has 0 bridgehead atoms. The van der Waals surface area contributed by atoms with Crippen molar-refractivity contribution in [1.82, 2.24) is 5.32 Å². The molecule has 1 aromatic rings. The van der Waals surface area contributed by atoms with Gasteiger partial charge < -0.3 is 10.1 Å². The van der Waals surface area contributed by atoms with Gasteiger partial charge in [-0.25, -0.2) is 0 Å². The molecule has 2 rings (SSSR count). The van der Waals surface area contributed by atoms with E-state index in [-0.39, 0.29) is 11.1 Å². The summed E-state index contributed by atoms with van der Waals surface area (Å²) in [5.41, 5.74) is -0.765. The minimum atomic E-state index is -4.38. The monoisotopic (exact) mass is 279 g/mol. The van der Waals surface area contributed by atoms with Crippen LogP contribution in [0.15, 0.2) is 18.2 Å². The minimum Gasteiger partial charge on any atom is -0.490 e. The molecule has 0 amide bonds. The van der Waals surface area contributed by atoms with E-state index in [0.29, 0.717) is 12.4 Å². The molecule has 1 N–H and O–H groups in total. The van der Waals surface area contributed by atoms with Gasteiger partial charge in [0.05, 0.1) is 10.6 Å². The summed E-state index contributed by atoms with van der Waals surface area (Å²) in [5, 5.41) is 3.22. The fraction of sp³-hybridized carbons (Fsp3) is 0.500. The molecule has 1 saturated heterocycles. The second-order valence-electron chi connectivity index (χ2n) is 4.25. The van der Waals surface area contributed by atoms with Crippen LogP contribution >= 0.6 is 11.6 Å². The van der Waals surface area contributed by atoms with E-state index in [9.17, 15) is 13.2 Å². The van der Waals surface area contributed by atoms with Crippen molar-refractivity contribution in [3.8, 4) is 5.75 Å². The second kappa shape index (κ2) is 5.36. The van der Waals surface area contributed by atoms with Crippen molar-refractivity contribution in [1.29, 1.82) is 0 Å². The van der Waals surface area contributed by atoms with Crippen LogP contribution in [0.3, 0.4) is 0 Å². The molecule has 18 heavy (non-hydrogen) atoms. The summed E-state index contributed by atoms with van der Waals surface area (Å²) in [6, 6.07) is 3.38. The van der Waals surface area contributed by atoms with Crippen LogP contribution in [0.1, 0.15) is 18.4 Å². The predicted octanol–water partition coefficient (Wildman–Crippen LogP) is 3.49. The lowest BCUT2D eigenvalue weighted by molar-refractivity contribution is -0.137. The Hall–Kier alpha value is -0.940. The number of ether oxygens (including phenoxy) is 1. The molecule has 6 heteroatoms. The highest BCUT2D eigenvalue weighted by Gasteiger charge is 2.31. The van der Waals surface area contributed by atoms with E-state index in [1.165, 1.54) is 6.07 Å². The fourth-order valence-corrected chi connectivity index (χ4v) is 2.12. The zero-order valence-corrected chi connectivity index (χ0v) is 10.3. The third-order valence-corrected chi connectivity index (χ3v) is 3.16. The smallest absolute Gasteiger partial charge is 0.416 e. The highest BCUT2D eigenvalue weighted by molar-refractivity contribution is 6.32. The first-order chi connectivity index (χ1) is 8.47. The number of nitrogens with one attached hydrogen (secondary N) is 1. The molecule has 0 radical (unpaired) electrons. The van der Waals surface area contributed by atoms with E-state index >= 15 is 0 Å². The highest BCUT2D eigenvalue weighted by Crippen LogP contribution is 2.34. The average molecular weight is 280 g/mol. The largest absolute Gasteiger partial charge is 0.490 e. The van der Waals surface area contributed by atoms with Crippen LogP contribution in [0.4, 0.5) is 13.2 Å². The Morgan fingerprint density at radius 1 is 1.39 bits per heavy atom.